The number of benzene rings is 1. The van der Waals surface area contributed by atoms with Crippen molar-refractivity contribution in [1.29, 1.82) is 0 Å². The summed E-state index contributed by atoms with van der Waals surface area (Å²) in [5.74, 6) is -0.268. The van der Waals surface area contributed by atoms with E-state index in [0.717, 1.165) is 11.1 Å². The smallest absolute Gasteiger partial charge is 0.303 e. The van der Waals surface area contributed by atoms with E-state index in [4.69, 9.17) is 9.84 Å². The molecule has 5 nitrogen and oxygen atoms in total. The zero-order chi connectivity index (χ0) is 15.3. The maximum Gasteiger partial charge on any atom is 0.303 e. The van der Waals surface area contributed by atoms with Crippen molar-refractivity contribution in [2.24, 2.45) is 0 Å². The molecule has 1 atom stereocenters. The molecule has 0 heterocycles. The monoisotopic (exact) mass is 279 g/mol. The van der Waals surface area contributed by atoms with Crippen molar-refractivity contribution >= 4 is 11.8 Å². The van der Waals surface area contributed by atoms with E-state index in [2.05, 4.69) is 5.32 Å². The highest BCUT2D eigenvalue weighted by Crippen LogP contribution is 2.23. The number of rotatable bonds is 7. The summed E-state index contributed by atoms with van der Waals surface area (Å²) in [7, 11) is 3.25. The summed E-state index contributed by atoms with van der Waals surface area (Å²) >= 11 is 0. The van der Waals surface area contributed by atoms with Crippen LogP contribution in [0.5, 0.6) is 5.75 Å². The van der Waals surface area contributed by atoms with Crippen molar-refractivity contribution in [3.05, 3.63) is 28.8 Å². The summed E-state index contributed by atoms with van der Waals surface area (Å²) in [6.07, 6.45) is 0.237. The highest BCUT2D eigenvalue weighted by Gasteiger charge is 2.22. The van der Waals surface area contributed by atoms with Gasteiger partial charge >= 0.3 is 5.97 Å². The molecule has 0 aliphatic heterocycles. The number of aryl methyl sites for hydroxylation is 2. The molecule has 0 spiro atoms. The minimum absolute atomic E-state index is 0.0362. The second kappa shape index (κ2) is 7.05. The van der Waals surface area contributed by atoms with Crippen LogP contribution in [-0.2, 0) is 4.79 Å². The van der Waals surface area contributed by atoms with Crippen LogP contribution in [0.4, 0.5) is 0 Å². The first-order chi connectivity index (χ1) is 9.40. The molecule has 0 aromatic heterocycles. The summed E-state index contributed by atoms with van der Waals surface area (Å²) in [6, 6.07) is 3.13. The van der Waals surface area contributed by atoms with Gasteiger partial charge in [0, 0.05) is 12.0 Å². The van der Waals surface area contributed by atoms with Crippen LogP contribution in [0.1, 0.15) is 34.3 Å². The molecule has 5 heteroatoms. The van der Waals surface area contributed by atoms with Gasteiger partial charge in [0.15, 0.2) is 5.78 Å². The molecule has 0 saturated heterocycles. The van der Waals surface area contributed by atoms with E-state index in [1.807, 2.05) is 26.0 Å². The van der Waals surface area contributed by atoms with E-state index in [9.17, 15) is 9.59 Å². The molecule has 0 aliphatic carbocycles. The van der Waals surface area contributed by atoms with Gasteiger partial charge < -0.3 is 15.2 Å². The predicted molar refractivity (Wildman–Crippen MR) is 76.5 cm³/mol. The molecule has 0 aliphatic rings. The molecule has 1 aromatic rings. The molecular formula is C15H21NO4. The van der Waals surface area contributed by atoms with Crippen LogP contribution in [0.2, 0.25) is 0 Å². The highest BCUT2D eigenvalue weighted by atomic mass is 16.5. The molecular weight excluding hydrogens is 258 g/mol. The number of ketones is 1. The number of methoxy groups -OCH3 is 1. The Balaban J connectivity index is 3.03. The lowest BCUT2D eigenvalue weighted by molar-refractivity contribution is -0.137. The molecule has 0 bridgehead atoms. The van der Waals surface area contributed by atoms with Crippen molar-refractivity contribution in [2.45, 2.75) is 32.7 Å². The third-order valence-electron chi connectivity index (χ3n) is 3.30. The fourth-order valence-electron chi connectivity index (χ4n) is 2.28. The predicted octanol–water partition coefficient (Wildman–Crippen LogP) is 1.95. The number of nitrogens with one attached hydrogen (secondary N) is 1. The average Bonchev–Trinajstić information content (AvgIpc) is 2.38. The van der Waals surface area contributed by atoms with E-state index in [0.29, 0.717) is 11.3 Å². The van der Waals surface area contributed by atoms with Crippen molar-refractivity contribution in [2.75, 3.05) is 14.2 Å². The summed E-state index contributed by atoms with van der Waals surface area (Å²) in [4.78, 5) is 23.2. The number of Topliss-reactive ketones (excluding diaryl/α,β-unsaturated/α-hetero) is 1. The number of carbonyl (C=O) groups is 2. The maximum atomic E-state index is 12.5. The Labute approximate surface area is 118 Å². The van der Waals surface area contributed by atoms with Crippen LogP contribution < -0.4 is 10.1 Å². The second-order valence-electron chi connectivity index (χ2n) is 4.77. The van der Waals surface area contributed by atoms with Crippen LogP contribution in [-0.4, -0.2) is 37.1 Å². The summed E-state index contributed by atoms with van der Waals surface area (Å²) < 4.78 is 5.17. The van der Waals surface area contributed by atoms with Crippen LogP contribution in [0.25, 0.3) is 0 Å². The number of carboxylic acid groups (broad SMARTS) is 1. The molecule has 0 radical (unpaired) electrons. The van der Waals surface area contributed by atoms with Gasteiger partial charge in [0.1, 0.15) is 5.75 Å². The SMILES string of the molecule is CNC(CCC(=O)O)C(=O)c1c(C)cc(OC)cc1C. The lowest BCUT2D eigenvalue weighted by Gasteiger charge is -2.18. The zero-order valence-electron chi connectivity index (χ0n) is 12.3. The minimum Gasteiger partial charge on any atom is -0.497 e. The Morgan fingerprint density at radius 2 is 1.85 bits per heavy atom. The first kappa shape index (κ1) is 16.2. The Hall–Kier alpha value is -1.88. The van der Waals surface area contributed by atoms with E-state index >= 15 is 0 Å². The van der Waals surface area contributed by atoms with Crippen molar-refractivity contribution in [1.82, 2.24) is 5.32 Å². The van der Waals surface area contributed by atoms with Gasteiger partial charge in [0.25, 0.3) is 0 Å². The Morgan fingerprint density at radius 1 is 1.30 bits per heavy atom. The lowest BCUT2D eigenvalue weighted by Crippen LogP contribution is -2.35. The number of aliphatic carboxylic acids is 1. The first-order valence-electron chi connectivity index (χ1n) is 6.49. The molecule has 1 unspecified atom stereocenters. The molecule has 2 N–H and O–H groups in total. The van der Waals surface area contributed by atoms with E-state index in [-0.39, 0.29) is 18.6 Å². The number of carbonyl (C=O) groups excluding carboxylic acids is 1. The van der Waals surface area contributed by atoms with Gasteiger partial charge in [-0.2, -0.15) is 0 Å². The number of ether oxygens (including phenoxy) is 1. The lowest BCUT2D eigenvalue weighted by atomic mass is 9.93. The van der Waals surface area contributed by atoms with Crippen molar-refractivity contribution in [3.8, 4) is 5.75 Å². The standard InChI is InChI=1S/C15H21NO4/c1-9-7-11(20-4)8-10(2)14(9)15(19)12(16-3)5-6-13(17)18/h7-8,12,16H,5-6H2,1-4H3,(H,17,18). The summed E-state index contributed by atoms with van der Waals surface area (Å²) in [5.41, 5.74) is 2.31. The molecule has 110 valence electrons. The van der Waals surface area contributed by atoms with Crippen LogP contribution in [0.15, 0.2) is 12.1 Å². The van der Waals surface area contributed by atoms with Gasteiger partial charge in [-0.1, -0.05) is 0 Å². The highest BCUT2D eigenvalue weighted by molar-refractivity contribution is 6.02. The number of likely N-dealkylation sites (N-methyl/N-ethyl adjacent to an activating group) is 1. The third kappa shape index (κ3) is 3.81. The number of carboxylic acids is 1. The van der Waals surface area contributed by atoms with E-state index < -0.39 is 12.0 Å². The summed E-state index contributed by atoms with van der Waals surface area (Å²) in [6.45, 7) is 3.71. The molecule has 20 heavy (non-hydrogen) atoms. The van der Waals surface area contributed by atoms with Gasteiger partial charge in [-0.3, -0.25) is 9.59 Å². The van der Waals surface area contributed by atoms with E-state index in [1.165, 1.54) is 0 Å². The molecule has 0 saturated carbocycles. The summed E-state index contributed by atoms with van der Waals surface area (Å²) in [5, 5.41) is 11.6. The molecule has 1 aromatic carbocycles. The van der Waals surface area contributed by atoms with Crippen molar-refractivity contribution in [3.63, 3.8) is 0 Å². The van der Waals surface area contributed by atoms with Gasteiger partial charge in [0.2, 0.25) is 0 Å². The van der Waals surface area contributed by atoms with Crippen LogP contribution in [0, 0.1) is 13.8 Å². The zero-order valence-corrected chi connectivity index (χ0v) is 12.3. The Morgan fingerprint density at radius 3 is 2.25 bits per heavy atom. The third-order valence-corrected chi connectivity index (χ3v) is 3.30. The fourth-order valence-corrected chi connectivity index (χ4v) is 2.28. The van der Waals surface area contributed by atoms with Crippen molar-refractivity contribution < 1.29 is 19.4 Å². The van der Waals surface area contributed by atoms with Gasteiger partial charge in [-0.15, -0.1) is 0 Å². The molecule has 0 fully saturated rings. The Bertz CT molecular complexity index is 488. The van der Waals surface area contributed by atoms with Gasteiger partial charge in [-0.05, 0) is 50.6 Å². The normalized spacial score (nSPS) is 12.0. The van der Waals surface area contributed by atoms with E-state index in [1.54, 1.807) is 14.2 Å². The number of hydrogen-bond donors (Lipinski definition) is 2. The topological polar surface area (TPSA) is 75.6 Å². The maximum absolute atomic E-state index is 12.5. The first-order valence-corrected chi connectivity index (χ1v) is 6.49. The number of hydrogen-bond acceptors (Lipinski definition) is 4. The minimum atomic E-state index is -0.902. The quantitative estimate of drug-likeness (QED) is 0.746. The second-order valence-corrected chi connectivity index (χ2v) is 4.77. The molecule has 0 amide bonds. The van der Waals surface area contributed by atoms with Crippen LogP contribution >= 0.6 is 0 Å². The molecule has 1 rings (SSSR count). The fraction of sp³-hybridized carbons (Fsp3) is 0.467. The average molecular weight is 279 g/mol. The van der Waals surface area contributed by atoms with Crippen LogP contribution in [0.3, 0.4) is 0 Å². The largest absolute Gasteiger partial charge is 0.497 e. The van der Waals surface area contributed by atoms with Gasteiger partial charge in [0.05, 0.1) is 13.2 Å². The Kier molecular flexibility index (Phi) is 5.70. The van der Waals surface area contributed by atoms with Gasteiger partial charge in [-0.25, -0.2) is 0 Å².